The topological polar surface area (TPSA) is 63.2 Å². The van der Waals surface area contributed by atoms with Crippen LogP contribution in [0.15, 0.2) is 46.3 Å². The van der Waals surface area contributed by atoms with E-state index >= 15 is 0 Å². The van der Waals surface area contributed by atoms with Crippen LogP contribution < -0.4 is 14.8 Å². The Hall–Kier alpha value is -3.19. The number of amides is 1. The molecule has 0 aromatic heterocycles. The summed E-state index contributed by atoms with van der Waals surface area (Å²) >= 11 is 0.970. The zero-order chi connectivity index (χ0) is 29.1. The third kappa shape index (κ3) is 7.30. The highest BCUT2D eigenvalue weighted by Gasteiger charge is 2.38. The van der Waals surface area contributed by atoms with E-state index in [0.29, 0.717) is 35.0 Å². The molecule has 2 aliphatic rings. The lowest BCUT2D eigenvalue weighted by Gasteiger charge is -2.19. The van der Waals surface area contributed by atoms with Crippen molar-refractivity contribution in [3.63, 3.8) is 0 Å². The van der Waals surface area contributed by atoms with Crippen LogP contribution in [0.1, 0.15) is 41.5 Å². The molecule has 0 aliphatic carbocycles. The van der Waals surface area contributed by atoms with E-state index in [-0.39, 0.29) is 22.8 Å². The van der Waals surface area contributed by atoms with Crippen molar-refractivity contribution in [2.75, 3.05) is 27.2 Å². The highest BCUT2D eigenvalue weighted by Crippen LogP contribution is 2.38. The van der Waals surface area contributed by atoms with E-state index in [1.807, 2.05) is 0 Å². The van der Waals surface area contributed by atoms with E-state index in [4.69, 9.17) is 9.47 Å². The van der Waals surface area contributed by atoms with Crippen molar-refractivity contribution in [1.82, 2.24) is 10.2 Å². The van der Waals surface area contributed by atoms with Gasteiger partial charge >= 0.3 is 17.6 Å². The van der Waals surface area contributed by atoms with Gasteiger partial charge in [-0.05, 0) is 80.5 Å². The zero-order valence-corrected chi connectivity index (χ0v) is 22.5. The number of hydrogen-bond acceptors (Lipinski definition) is 6. The number of rotatable bonds is 8. The summed E-state index contributed by atoms with van der Waals surface area (Å²) in [5.74, 6) is 0.761. The second kappa shape index (κ2) is 12.1. The molecule has 0 saturated carbocycles. The molecule has 13 heteroatoms. The van der Waals surface area contributed by atoms with Gasteiger partial charge in [-0.2, -0.15) is 31.3 Å². The van der Waals surface area contributed by atoms with Crippen LogP contribution in [0.3, 0.4) is 0 Å². The molecule has 0 radical (unpaired) electrons. The molecule has 2 heterocycles. The summed E-state index contributed by atoms with van der Waals surface area (Å²) in [7, 11) is 3.44. The Bertz CT molecular complexity index is 1310. The van der Waals surface area contributed by atoms with Gasteiger partial charge in [0.15, 0.2) is 11.5 Å². The fourth-order valence-corrected chi connectivity index (χ4v) is 5.31. The fraction of sp³-hybridized carbons (Fsp3) is 0.407. The largest absolute Gasteiger partial charge is 0.493 e. The van der Waals surface area contributed by atoms with Gasteiger partial charge in [0.05, 0.1) is 23.1 Å². The predicted molar refractivity (Wildman–Crippen MR) is 140 cm³/mol. The normalized spacial score (nSPS) is 19.3. The number of ether oxygens (including phenoxy) is 2. The van der Waals surface area contributed by atoms with Gasteiger partial charge in [0.1, 0.15) is 12.4 Å². The summed E-state index contributed by atoms with van der Waals surface area (Å²) in [5, 5.41) is 2.88. The molecule has 0 spiro atoms. The summed E-state index contributed by atoms with van der Waals surface area (Å²) < 4.78 is 90.1. The molecule has 1 fully saturated rings. The number of nitrogens with zero attached hydrogens (tertiary/aromatic N) is 2. The summed E-state index contributed by atoms with van der Waals surface area (Å²) in [5.41, 5.74) is -2.66. The molecular weight excluding hydrogens is 560 g/mol. The van der Waals surface area contributed by atoms with Gasteiger partial charge in [-0.3, -0.25) is 4.79 Å². The first-order chi connectivity index (χ1) is 18.8. The first kappa shape index (κ1) is 29.8. The van der Waals surface area contributed by atoms with Gasteiger partial charge in [-0.1, -0.05) is 12.1 Å². The van der Waals surface area contributed by atoms with Gasteiger partial charge in [0.25, 0.3) is 0 Å². The lowest BCUT2D eigenvalue weighted by Crippen LogP contribution is -2.31. The Kier molecular flexibility index (Phi) is 9.03. The number of thioether (sulfide) groups is 1. The highest BCUT2D eigenvalue weighted by atomic mass is 32.2. The number of aliphatic imine (C=N–C) groups is 1. The molecule has 4 rings (SSSR count). The van der Waals surface area contributed by atoms with E-state index in [9.17, 15) is 31.1 Å². The molecule has 6 nitrogen and oxygen atoms in total. The van der Waals surface area contributed by atoms with Crippen molar-refractivity contribution < 1.29 is 40.6 Å². The lowest BCUT2D eigenvalue weighted by molar-refractivity contribution is -0.143. The molecule has 0 bridgehead atoms. The number of benzene rings is 2. The van der Waals surface area contributed by atoms with Crippen molar-refractivity contribution in [1.29, 1.82) is 0 Å². The first-order valence-corrected chi connectivity index (χ1v) is 13.2. The number of hydrogen-bond donors (Lipinski definition) is 1. The van der Waals surface area contributed by atoms with Crippen LogP contribution >= 0.6 is 11.8 Å². The van der Waals surface area contributed by atoms with Gasteiger partial charge in [-0.25, -0.2) is 0 Å². The monoisotopic (exact) mass is 587 g/mol. The quantitative estimate of drug-likeness (QED) is 0.336. The molecule has 40 heavy (non-hydrogen) atoms. The van der Waals surface area contributed by atoms with Crippen LogP contribution in [0, 0.1) is 0 Å². The van der Waals surface area contributed by atoms with Crippen LogP contribution in [-0.4, -0.2) is 49.3 Å². The number of halogens is 6. The number of alkyl halides is 6. The van der Waals surface area contributed by atoms with E-state index < -0.39 is 35.6 Å². The number of nitrogens with one attached hydrogen (secondary N) is 1. The van der Waals surface area contributed by atoms with Crippen LogP contribution in [0.4, 0.5) is 31.1 Å². The third-order valence-corrected chi connectivity index (χ3v) is 7.48. The molecule has 1 amide bonds. The van der Waals surface area contributed by atoms with Gasteiger partial charge in [-0.15, -0.1) is 0 Å². The Morgan fingerprint density at radius 1 is 1.10 bits per heavy atom. The van der Waals surface area contributed by atoms with E-state index in [1.165, 1.54) is 13.2 Å². The Morgan fingerprint density at radius 3 is 2.52 bits per heavy atom. The zero-order valence-electron chi connectivity index (χ0n) is 21.7. The molecule has 2 aliphatic heterocycles. The summed E-state index contributed by atoms with van der Waals surface area (Å²) in [4.78, 5) is 19.0. The number of amidine groups is 1. The van der Waals surface area contributed by atoms with Crippen LogP contribution in [0.25, 0.3) is 6.08 Å². The molecule has 1 saturated heterocycles. The van der Waals surface area contributed by atoms with Gasteiger partial charge in [0, 0.05) is 18.2 Å². The molecule has 216 valence electrons. The van der Waals surface area contributed by atoms with Crippen LogP contribution in [0.2, 0.25) is 0 Å². The summed E-state index contributed by atoms with van der Waals surface area (Å²) in [6.45, 7) is 1.09. The Morgan fingerprint density at radius 2 is 1.88 bits per heavy atom. The minimum absolute atomic E-state index is 0.0744. The van der Waals surface area contributed by atoms with Crippen LogP contribution in [0.5, 0.6) is 11.5 Å². The van der Waals surface area contributed by atoms with Crippen molar-refractivity contribution in [3.8, 4) is 11.5 Å². The number of likely N-dealkylation sites (tertiary alicyclic amines) is 1. The third-order valence-electron chi connectivity index (χ3n) is 6.69. The van der Waals surface area contributed by atoms with Crippen molar-refractivity contribution in [2.45, 2.75) is 44.3 Å². The SMILES string of the molecule is COc1cc(/C=C2\SC(=O)N=C2NCCC2CCCN2C)ccc1OCc1ccc(C(F)(F)F)cc1C(F)(F)F. The minimum atomic E-state index is -5.00. The maximum absolute atomic E-state index is 13.5. The maximum atomic E-state index is 13.5. The van der Waals surface area contributed by atoms with Gasteiger partial charge < -0.3 is 19.7 Å². The molecular formula is C27H27F6N3O3S. The smallest absolute Gasteiger partial charge is 0.416 e. The molecule has 1 N–H and O–H groups in total. The highest BCUT2D eigenvalue weighted by molar-refractivity contribution is 8.18. The average molecular weight is 588 g/mol. The fourth-order valence-electron chi connectivity index (χ4n) is 4.58. The van der Waals surface area contributed by atoms with Gasteiger partial charge in [0.2, 0.25) is 0 Å². The lowest BCUT2D eigenvalue weighted by atomic mass is 10.0. The first-order valence-electron chi connectivity index (χ1n) is 12.4. The second-order valence-electron chi connectivity index (χ2n) is 9.40. The minimum Gasteiger partial charge on any atom is -0.493 e. The summed E-state index contributed by atoms with van der Waals surface area (Å²) in [6.07, 6.45) is -4.98. The van der Waals surface area contributed by atoms with Crippen LogP contribution in [-0.2, 0) is 19.0 Å². The summed E-state index contributed by atoms with van der Waals surface area (Å²) in [6, 6.07) is 6.57. The average Bonchev–Trinajstić information content (AvgIpc) is 3.45. The molecule has 1 unspecified atom stereocenters. The number of carbonyl (C=O) groups excluding carboxylic acids is 1. The number of carbonyl (C=O) groups is 1. The molecule has 2 aromatic rings. The van der Waals surface area contributed by atoms with Crippen molar-refractivity contribution in [3.05, 3.63) is 63.6 Å². The maximum Gasteiger partial charge on any atom is 0.416 e. The van der Waals surface area contributed by atoms with E-state index in [0.717, 1.165) is 43.6 Å². The van der Waals surface area contributed by atoms with Crippen molar-refractivity contribution >= 4 is 28.9 Å². The predicted octanol–water partition coefficient (Wildman–Crippen LogP) is 6.99. The number of methoxy groups -OCH3 is 1. The Balaban J connectivity index is 1.46. The van der Waals surface area contributed by atoms with Crippen molar-refractivity contribution in [2.24, 2.45) is 4.99 Å². The second-order valence-corrected chi connectivity index (χ2v) is 10.4. The standard InChI is InChI=1S/C27H27F6N3O3S/c1-36-11-3-4-19(36)9-10-34-24-23(40-25(37)35-24)13-16-5-8-21(22(12-16)38-2)39-15-17-6-7-18(26(28,29)30)14-20(17)27(31,32)33/h5-8,12-14,19H,3-4,9-11,15H2,1-2H3,(H,34,35,37)/b23-13-. The molecule has 2 aromatic carbocycles. The molecule has 1 atom stereocenters. The van der Waals surface area contributed by atoms with E-state index in [1.54, 1.807) is 18.2 Å². The Labute approximate surface area is 231 Å². The van der Waals surface area contributed by atoms with E-state index in [2.05, 4.69) is 22.3 Å².